The molecule has 0 bridgehead atoms. The van der Waals surface area contributed by atoms with Gasteiger partial charge < -0.3 is 10.6 Å². The van der Waals surface area contributed by atoms with E-state index in [0.717, 1.165) is 37.2 Å². The minimum atomic E-state index is -0.472. The molecule has 36 heavy (non-hydrogen) atoms. The van der Waals surface area contributed by atoms with Gasteiger partial charge in [-0.2, -0.15) is 4.68 Å². The van der Waals surface area contributed by atoms with Crippen molar-refractivity contribution in [2.45, 2.75) is 26.3 Å². The molecule has 4 aromatic rings. The Morgan fingerprint density at radius 3 is 2.64 bits per heavy atom. The van der Waals surface area contributed by atoms with Gasteiger partial charge in [-0.3, -0.25) is 15.6 Å². The van der Waals surface area contributed by atoms with Crippen LogP contribution in [0, 0.1) is 5.92 Å². The van der Waals surface area contributed by atoms with Gasteiger partial charge in [0, 0.05) is 0 Å². The van der Waals surface area contributed by atoms with Crippen LogP contribution in [-0.4, -0.2) is 64.5 Å². The van der Waals surface area contributed by atoms with Gasteiger partial charge >= 0.3 is 0 Å². The van der Waals surface area contributed by atoms with Crippen LogP contribution in [0.4, 0.5) is 5.82 Å². The maximum Gasteiger partial charge on any atom is 0.292 e. The molecule has 186 valence electrons. The van der Waals surface area contributed by atoms with Gasteiger partial charge in [0.15, 0.2) is 12.0 Å². The van der Waals surface area contributed by atoms with Crippen molar-refractivity contribution in [3.05, 3.63) is 54.1 Å². The zero-order valence-electron chi connectivity index (χ0n) is 19.6. The number of piperidine rings is 1. The lowest BCUT2D eigenvalue weighted by atomic mass is 9.99. The number of rotatable bonds is 8. The van der Waals surface area contributed by atoms with Crippen LogP contribution >= 0.6 is 0 Å². The Hall–Kier alpha value is -4.66. The first-order chi connectivity index (χ1) is 17.5. The fourth-order valence-corrected chi connectivity index (χ4v) is 4.07. The smallest absolute Gasteiger partial charge is 0.292 e. The van der Waals surface area contributed by atoms with E-state index in [0.29, 0.717) is 23.9 Å². The zero-order chi connectivity index (χ0) is 25.1. The summed E-state index contributed by atoms with van der Waals surface area (Å²) in [7, 11) is 0. The number of nitrogens with two attached hydrogens (primary N) is 1. The van der Waals surface area contributed by atoms with E-state index < -0.39 is 5.91 Å². The Bertz CT molecular complexity index is 1330. The van der Waals surface area contributed by atoms with Gasteiger partial charge in [0.05, 0.1) is 24.5 Å². The lowest BCUT2D eigenvalue weighted by Crippen LogP contribution is -3.11. The Labute approximate surface area is 205 Å². The number of hydrazine groups is 1. The highest BCUT2D eigenvalue weighted by molar-refractivity contribution is 5.93. The second kappa shape index (κ2) is 9.91. The number of nitrogens with one attached hydrogen (secondary N) is 3. The Kier molecular flexibility index (Phi) is 6.36. The first kappa shape index (κ1) is 23.1. The Morgan fingerprint density at radius 1 is 1.19 bits per heavy atom. The lowest BCUT2D eigenvalue weighted by Gasteiger charge is -2.27. The third-order valence-corrected chi connectivity index (χ3v) is 6.20. The maximum absolute atomic E-state index is 13.1. The average Bonchev–Trinajstić information content (AvgIpc) is 3.65. The van der Waals surface area contributed by atoms with Crippen molar-refractivity contribution in [3.8, 4) is 11.5 Å². The standard InChI is InChI=1S/C21H25N13O2/c1-13-7-9-32(10-8-13)11-17-18(26-31-33(17)20-19(22)28-36-29-20)21(35)27-25-14(2)15-3-5-16(6-4-15)34-24-12-23-30-34/h3-6,12-13,25H,2,7-11H2,1H3,(H2,22,28)(H,27,35)/p+1. The van der Waals surface area contributed by atoms with Crippen LogP contribution in [0.3, 0.4) is 0 Å². The average molecular weight is 493 g/mol. The fraction of sp³-hybridized carbons (Fsp3) is 0.333. The summed E-state index contributed by atoms with van der Waals surface area (Å²) in [6.45, 7) is 8.73. The second-order valence-corrected chi connectivity index (χ2v) is 8.71. The van der Waals surface area contributed by atoms with Crippen LogP contribution in [0.25, 0.3) is 17.2 Å². The predicted octanol–water partition coefficient (Wildman–Crippen LogP) is -1.07. The molecule has 4 heterocycles. The third-order valence-electron chi connectivity index (χ3n) is 6.20. The van der Waals surface area contributed by atoms with Crippen molar-refractivity contribution >= 4 is 17.4 Å². The van der Waals surface area contributed by atoms with Crippen molar-refractivity contribution in [1.82, 2.24) is 56.4 Å². The molecule has 1 saturated heterocycles. The van der Waals surface area contributed by atoms with E-state index in [4.69, 9.17) is 10.4 Å². The molecule has 0 saturated carbocycles. The van der Waals surface area contributed by atoms with E-state index in [2.05, 4.69) is 60.4 Å². The summed E-state index contributed by atoms with van der Waals surface area (Å²) in [5.41, 5.74) is 14.1. The van der Waals surface area contributed by atoms with Gasteiger partial charge in [-0.1, -0.05) is 30.8 Å². The number of benzene rings is 1. The highest BCUT2D eigenvalue weighted by Crippen LogP contribution is 2.16. The molecule has 1 fully saturated rings. The molecule has 0 unspecified atom stereocenters. The number of tetrazole rings is 1. The molecular formula is C21H26N13O2+. The monoisotopic (exact) mass is 492 g/mol. The molecule has 0 aliphatic carbocycles. The molecule has 3 aromatic heterocycles. The summed E-state index contributed by atoms with van der Waals surface area (Å²) >= 11 is 0. The summed E-state index contributed by atoms with van der Waals surface area (Å²) in [6.07, 6.45) is 3.58. The molecule has 5 rings (SSSR count). The first-order valence-electron chi connectivity index (χ1n) is 11.4. The van der Waals surface area contributed by atoms with Crippen molar-refractivity contribution in [3.63, 3.8) is 0 Å². The van der Waals surface area contributed by atoms with Gasteiger partial charge in [-0.25, -0.2) is 4.63 Å². The van der Waals surface area contributed by atoms with Crippen LogP contribution in [-0.2, 0) is 6.54 Å². The van der Waals surface area contributed by atoms with Crippen LogP contribution in [0.2, 0.25) is 0 Å². The van der Waals surface area contributed by atoms with Crippen molar-refractivity contribution in [1.29, 1.82) is 0 Å². The summed E-state index contributed by atoms with van der Waals surface area (Å²) in [5.74, 6) is 0.472. The third kappa shape index (κ3) is 4.76. The quantitative estimate of drug-likeness (QED) is 0.219. The van der Waals surface area contributed by atoms with E-state index in [1.807, 2.05) is 24.3 Å². The van der Waals surface area contributed by atoms with E-state index in [1.165, 1.54) is 20.7 Å². The normalized spacial score (nSPS) is 17.6. The molecule has 5 N–H and O–H groups in total. The second-order valence-electron chi connectivity index (χ2n) is 8.71. The number of amides is 1. The number of carbonyl (C=O) groups is 1. The topological polar surface area (TPSA) is 185 Å². The highest BCUT2D eigenvalue weighted by atomic mass is 16.6. The number of hydrogen-bond donors (Lipinski definition) is 4. The van der Waals surface area contributed by atoms with E-state index >= 15 is 0 Å². The molecule has 15 nitrogen and oxygen atoms in total. The zero-order valence-corrected chi connectivity index (χ0v) is 19.6. The number of likely N-dealkylation sites (tertiary alicyclic amines) is 1. The fourth-order valence-electron chi connectivity index (χ4n) is 4.07. The molecule has 1 aliphatic rings. The van der Waals surface area contributed by atoms with E-state index in [9.17, 15) is 4.79 Å². The van der Waals surface area contributed by atoms with E-state index in [1.54, 1.807) is 0 Å². The lowest BCUT2D eigenvalue weighted by molar-refractivity contribution is -0.920. The summed E-state index contributed by atoms with van der Waals surface area (Å²) < 4.78 is 6.14. The van der Waals surface area contributed by atoms with Gasteiger partial charge in [-0.15, -0.1) is 20.1 Å². The minimum absolute atomic E-state index is 0.0615. The highest BCUT2D eigenvalue weighted by Gasteiger charge is 2.29. The number of anilines is 1. The van der Waals surface area contributed by atoms with Crippen LogP contribution in [0.15, 0.2) is 41.8 Å². The van der Waals surface area contributed by atoms with Crippen LogP contribution < -0.4 is 21.5 Å². The first-order valence-corrected chi connectivity index (χ1v) is 11.4. The summed E-state index contributed by atoms with van der Waals surface area (Å²) in [6, 6.07) is 7.27. The van der Waals surface area contributed by atoms with Crippen molar-refractivity contribution in [2.75, 3.05) is 18.8 Å². The van der Waals surface area contributed by atoms with E-state index in [-0.39, 0.29) is 17.3 Å². The number of hydrogen-bond acceptors (Lipinski definition) is 11. The van der Waals surface area contributed by atoms with Crippen LogP contribution in [0.5, 0.6) is 0 Å². The molecule has 1 amide bonds. The molecule has 0 radical (unpaired) electrons. The molecule has 0 atom stereocenters. The number of aromatic nitrogens is 9. The summed E-state index contributed by atoms with van der Waals surface area (Å²) in [4.78, 5) is 15.8. The van der Waals surface area contributed by atoms with Gasteiger partial charge in [0.2, 0.25) is 11.6 Å². The summed E-state index contributed by atoms with van der Waals surface area (Å²) in [5, 5.41) is 27.2. The molecule has 1 aromatic carbocycles. The number of nitrogens with zero attached hydrogens (tertiary/aromatic N) is 9. The van der Waals surface area contributed by atoms with Crippen molar-refractivity contribution in [2.24, 2.45) is 5.92 Å². The van der Waals surface area contributed by atoms with Gasteiger partial charge in [0.1, 0.15) is 12.2 Å². The molecule has 15 heteroatoms. The number of quaternary nitrogens is 1. The predicted molar refractivity (Wildman–Crippen MR) is 125 cm³/mol. The molecule has 0 spiro atoms. The van der Waals surface area contributed by atoms with Gasteiger partial charge in [0.25, 0.3) is 5.91 Å². The Morgan fingerprint density at radius 2 is 1.97 bits per heavy atom. The number of carbonyl (C=O) groups excluding carboxylic acids is 1. The van der Waals surface area contributed by atoms with Crippen molar-refractivity contribution < 1.29 is 14.3 Å². The maximum atomic E-state index is 13.1. The molecule has 1 aliphatic heterocycles. The Balaban J connectivity index is 1.30. The minimum Gasteiger partial charge on any atom is -0.378 e. The number of nitrogen functional groups attached to an aromatic ring is 1. The van der Waals surface area contributed by atoms with Gasteiger partial charge in [-0.05, 0) is 52.0 Å². The van der Waals surface area contributed by atoms with Crippen LogP contribution in [0.1, 0.15) is 41.5 Å². The SMILES string of the molecule is C=C(NNC(=O)c1nnn(-c2nonc2N)c1C[NH+]1CCC(C)CC1)c1ccc(-n2ncnn2)cc1. The molecular weight excluding hydrogens is 466 g/mol. The largest absolute Gasteiger partial charge is 0.378 e.